The summed E-state index contributed by atoms with van der Waals surface area (Å²) in [6.07, 6.45) is 3.40. The van der Waals surface area contributed by atoms with Crippen LogP contribution >= 0.6 is 0 Å². The third-order valence-corrected chi connectivity index (χ3v) is 4.59. The second kappa shape index (κ2) is 8.06. The van der Waals surface area contributed by atoms with Crippen LogP contribution in [0.25, 0.3) is 0 Å². The molecule has 2 aromatic carbocycles. The van der Waals surface area contributed by atoms with E-state index in [0.717, 1.165) is 39.7 Å². The molecule has 132 valence electrons. The minimum Gasteiger partial charge on any atom is -0.546 e. The van der Waals surface area contributed by atoms with Gasteiger partial charge in [0.05, 0.1) is 11.4 Å². The van der Waals surface area contributed by atoms with E-state index in [0.29, 0.717) is 0 Å². The molecule has 0 radical (unpaired) electrons. The fourth-order valence-electron chi connectivity index (χ4n) is 2.67. The van der Waals surface area contributed by atoms with Gasteiger partial charge in [-0.25, -0.2) is 4.99 Å². The van der Waals surface area contributed by atoms with Crippen molar-refractivity contribution in [2.24, 2.45) is 4.99 Å². The van der Waals surface area contributed by atoms with Crippen molar-refractivity contribution in [3.63, 3.8) is 0 Å². The minimum atomic E-state index is -1.25. The van der Waals surface area contributed by atoms with Gasteiger partial charge in [0.25, 0.3) is 0 Å². The van der Waals surface area contributed by atoms with Crippen LogP contribution in [0.15, 0.2) is 65.9 Å². The summed E-state index contributed by atoms with van der Waals surface area (Å²) in [5.41, 5.74) is 5.42. The van der Waals surface area contributed by atoms with Gasteiger partial charge in [-0.15, -0.1) is 0 Å². The van der Waals surface area contributed by atoms with Gasteiger partial charge in [-0.3, -0.25) is 9.97 Å². The number of aromatic nitrogens is 2. The van der Waals surface area contributed by atoms with Gasteiger partial charge < -0.3 is 4.43 Å². The van der Waals surface area contributed by atoms with Crippen LogP contribution in [0, 0.1) is 13.8 Å². The average molecular weight is 363 g/mol. The first kappa shape index (κ1) is 18.0. The molecular formula is C21H24N3OSi+. The Hall–Kier alpha value is -2.79. The minimum absolute atomic E-state index is 0. The third-order valence-electron chi connectivity index (χ3n) is 3.86. The summed E-state index contributed by atoms with van der Waals surface area (Å²) in [6.45, 7) is 8.32. The highest BCUT2D eigenvalue weighted by molar-refractivity contribution is 6.49. The third kappa shape index (κ3) is 4.24. The van der Waals surface area contributed by atoms with Gasteiger partial charge in [0.2, 0.25) is 9.04 Å². The fraction of sp³-hybridized carbons (Fsp3) is 0.190. The molecule has 3 rings (SSSR count). The lowest BCUT2D eigenvalue weighted by molar-refractivity contribution is 0.581. The van der Waals surface area contributed by atoms with E-state index in [-0.39, 0.29) is 1.43 Å². The van der Waals surface area contributed by atoms with E-state index in [1.807, 2.05) is 43.3 Å². The topological polar surface area (TPSA) is 47.4 Å². The average Bonchev–Trinajstić information content (AvgIpc) is 2.62. The summed E-state index contributed by atoms with van der Waals surface area (Å²) < 4.78 is 6.12. The molecule has 0 aliphatic carbocycles. The number of hydrogen-bond donors (Lipinski definition) is 0. The molecule has 0 amide bonds. The SMILES string of the molecule is Cc1ccc(N=C(c2ccccc2)c2nccnc2C)c(O[SiH](C)C)c1.[H+]. The number of aliphatic imine (C=N–C) groups is 1. The molecule has 26 heavy (non-hydrogen) atoms. The molecule has 0 aliphatic rings. The lowest BCUT2D eigenvalue weighted by Gasteiger charge is -2.14. The molecule has 0 spiro atoms. The first-order chi connectivity index (χ1) is 12.5. The Balaban J connectivity index is 0.00000261. The van der Waals surface area contributed by atoms with Gasteiger partial charge in [-0.05, 0) is 44.6 Å². The van der Waals surface area contributed by atoms with Crippen LogP contribution in [0.1, 0.15) is 23.9 Å². The second-order valence-corrected chi connectivity index (χ2v) is 8.79. The van der Waals surface area contributed by atoms with E-state index in [2.05, 4.69) is 42.1 Å². The highest BCUT2D eigenvalue weighted by atomic mass is 28.3. The monoisotopic (exact) mass is 362 g/mol. The molecule has 1 heterocycles. The van der Waals surface area contributed by atoms with Gasteiger partial charge >= 0.3 is 1.43 Å². The summed E-state index contributed by atoms with van der Waals surface area (Å²) in [6, 6.07) is 16.2. The van der Waals surface area contributed by atoms with Crippen LogP contribution in [-0.2, 0) is 0 Å². The first-order valence-corrected chi connectivity index (χ1v) is 11.5. The van der Waals surface area contributed by atoms with Crippen molar-refractivity contribution in [2.75, 3.05) is 0 Å². The summed E-state index contributed by atoms with van der Waals surface area (Å²) in [4.78, 5) is 13.9. The number of benzene rings is 2. The van der Waals surface area contributed by atoms with E-state index in [9.17, 15) is 0 Å². The lowest BCUT2D eigenvalue weighted by Crippen LogP contribution is -2.12. The molecule has 4 nitrogen and oxygen atoms in total. The van der Waals surface area contributed by atoms with E-state index < -0.39 is 9.04 Å². The van der Waals surface area contributed by atoms with Crippen LogP contribution in [0.2, 0.25) is 13.1 Å². The summed E-state index contributed by atoms with van der Waals surface area (Å²) in [5, 5.41) is 0. The number of aryl methyl sites for hydroxylation is 2. The standard InChI is InChI=1S/C21H23N3OSi/c1-15-10-11-18(19(14-15)25-26(3)4)24-21(17-8-6-5-7-9-17)20-16(2)22-12-13-23-20/h5-14,26H,1-4H3/p+1. The molecule has 3 aromatic rings. The molecular weight excluding hydrogens is 338 g/mol. The van der Waals surface area contributed by atoms with Crippen LogP contribution in [-0.4, -0.2) is 24.7 Å². The van der Waals surface area contributed by atoms with Crippen LogP contribution in [0.3, 0.4) is 0 Å². The molecule has 0 bridgehead atoms. The van der Waals surface area contributed by atoms with Crippen LogP contribution in [0.4, 0.5) is 5.69 Å². The van der Waals surface area contributed by atoms with Gasteiger partial charge in [-0.1, -0.05) is 36.4 Å². The summed E-state index contributed by atoms with van der Waals surface area (Å²) in [7, 11) is -1.25. The molecule has 5 heteroatoms. The smallest absolute Gasteiger partial charge is 0.546 e. The molecule has 0 fully saturated rings. The van der Waals surface area contributed by atoms with Crippen molar-refractivity contribution in [1.29, 1.82) is 0 Å². The molecule has 0 atom stereocenters. The Morgan fingerprint density at radius 3 is 2.42 bits per heavy atom. The zero-order valence-electron chi connectivity index (χ0n) is 16.6. The van der Waals surface area contributed by atoms with Crippen molar-refractivity contribution in [3.8, 4) is 5.75 Å². The second-order valence-electron chi connectivity index (χ2n) is 6.45. The quantitative estimate of drug-likeness (QED) is 0.487. The molecule has 0 N–H and O–H groups in total. The normalized spacial score (nSPS) is 11.7. The largest absolute Gasteiger partial charge is 1.00 e. The van der Waals surface area contributed by atoms with E-state index in [1.54, 1.807) is 12.4 Å². The zero-order chi connectivity index (χ0) is 18.5. The van der Waals surface area contributed by atoms with Crippen molar-refractivity contribution in [1.82, 2.24) is 9.97 Å². The van der Waals surface area contributed by atoms with Crippen molar-refractivity contribution < 1.29 is 5.85 Å². The van der Waals surface area contributed by atoms with Crippen LogP contribution in [0.5, 0.6) is 5.75 Å². The molecule has 0 aliphatic heterocycles. The van der Waals surface area contributed by atoms with Gasteiger partial charge in [-0.2, -0.15) is 0 Å². The fourth-order valence-corrected chi connectivity index (χ4v) is 3.37. The Morgan fingerprint density at radius 1 is 1.00 bits per heavy atom. The number of hydrogen-bond acceptors (Lipinski definition) is 4. The Kier molecular flexibility index (Phi) is 5.58. The van der Waals surface area contributed by atoms with E-state index in [1.165, 1.54) is 0 Å². The maximum Gasteiger partial charge on any atom is 1.00 e. The summed E-state index contributed by atoms with van der Waals surface area (Å²) in [5.74, 6) is 0.835. The Labute approximate surface area is 157 Å². The van der Waals surface area contributed by atoms with E-state index in [4.69, 9.17) is 9.42 Å². The van der Waals surface area contributed by atoms with Crippen LogP contribution < -0.4 is 4.43 Å². The van der Waals surface area contributed by atoms with Gasteiger partial charge in [0, 0.05) is 18.0 Å². The zero-order valence-corrected chi connectivity index (χ0v) is 16.8. The molecule has 0 unspecified atom stereocenters. The van der Waals surface area contributed by atoms with Crippen molar-refractivity contribution in [3.05, 3.63) is 83.4 Å². The van der Waals surface area contributed by atoms with Gasteiger partial charge in [0.15, 0.2) is 0 Å². The highest BCUT2D eigenvalue weighted by Crippen LogP contribution is 2.31. The van der Waals surface area contributed by atoms with Crippen molar-refractivity contribution in [2.45, 2.75) is 26.9 Å². The maximum atomic E-state index is 6.12. The molecule has 0 saturated heterocycles. The van der Waals surface area contributed by atoms with Gasteiger partial charge in [0.1, 0.15) is 17.1 Å². The Bertz CT molecular complexity index is 930. The molecule has 1 aromatic heterocycles. The van der Waals surface area contributed by atoms with E-state index >= 15 is 0 Å². The maximum absolute atomic E-state index is 6.12. The summed E-state index contributed by atoms with van der Waals surface area (Å²) >= 11 is 0. The first-order valence-electron chi connectivity index (χ1n) is 8.74. The lowest BCUT2D eigenvalue weighted by atomic mass is 10.1. The molecule has 0 saturated carbocycles. The number of nitrogens with zero attached hydrogens (tertiary/aromatic N) is 3. The number of rotatable bonds is 5. The predicted molar refractivity (Wildman–Crippen MR) is 110 cm³/mol. The predicted octanol–water partition coefficient (Wildman–Crippen LogP) is 4.74. The Morgan fingerprint density at radius 2 is 1.73 bits per heavy atom. The van der Waals surface area contributed by atoms with Crippen molar-refractivity contribution >= 4 is 20.4 Å². The highest BCUT2D eigenvalue weighted by Gasteiger charge is 2.14.